The van der Waals surface area contributed by atoms with Gasteiger partial charge < -0.3 is 10.5 Å². The number of nitrogens with two attached hydrogens (primary N) is 1. The summed E-state index contributed by atoms with van der Waals surface area (Å²) in [6.45, 7) is 4.16. The quantitative estimate of drug-likeness (QED) is 0.894. The standard InChI is InChI=1S/C14H20N4O/c1-10(2)18-14(16-9-17-18)8-13(15)11-5-4-6-12(7-11)19-3/h4-7,9-10,13H,8,15H2,1-3H3. The van der Waals surface area contributed by atoms with E-state index >= 15 is 0 Å². The minimum absolute atomic E-state index is 0.114. The van der Waals surface area contributed by atoms with E-state index in [2.05, 4.69) is 23.9 Å². The van der Waals surface area contributed by atoms with E-state index in [0.29, 0.717) is 6.42 Å². The molecule has 0 aliphatic rings. The molecule has 1 atom stereocenters. The fourth-order valence-electron chi connectivity index (χ4n) is 2.04. The van der Waals surface area contributed by atoms with Crippen LogP contribution < -0.4 is 10.5 Å². The topological polar surface area (TPSA) is 66.0 Å². The van der Waals surface area contributed by atoms with Crippen LogP contribution in [-0.2, 0) is 6.42 Å². The van der Waals surface area contributed by atoms with Crippen molar-refractivity contribution in [1.29, 1.82) is 0 Å². The molecule has 2 rings (SSSR count). The van der Waals surface area contributed by atoms with Gasteiger partial charge >= 0.3 is 0 Å². The number of methoxy groups -OCH3 is 1. The first-order valence-electron chi connectivity index (χ1n) is 6.39. The molecule has 0 saturated heterocycles. The number of nitrogens with zero attached hydrogens (tertiary/aromatic N) is 3. The van der Waals surface area contributed by atoms with Gasteiger partial charge in [-0.15, -0.1) is 0 Å². The number of ether oxygens (including phenoxy) is 1. The van der Waals surface area contributed by atoms with E-state index in [1.165, 1.54) is 0 Å². The normalized spacial score (nSPS) is 12.7. The van der Waals surface area contributed by atoms with Gasteiger partial charge in [0.05, 0.1) is 7.11 Å². The highest BCUT2D eigenvalue weighted by atomic mass is 16.5. The Morgan fingerprint density at radius 1 is 1.37 bits per heavy atom. The Balaban J connectivity index is 2.16. The molecule has 2 N–H and O–H groups in total. The van der Waals surface area contributed by atoms with Crippen LogP contribution in [0, 0.1) is 0 Å². The molecule has 2 aromatic rings. The summed E-state index contributed by atoms with van der Waals surface area (Å²) in [6.07, 6.45) is 2.24. The number of rotatable bonds is 5. The second-order valence-electron chi connectivity index (χ2n) is 4.80. The average molecular weight is 260 g/mol. The molecule has 19 heavy (non-hydrogen) atoms. The van der Waals surface area contributed by atoms with Gasteiger partial charge in [-0.3, -0.25) is 0 Å². The van der Waals surface area contributed by atoms with Crippen LogP contribution in [0.5, 0.6) is 5.75 Å². The first-order valence-corrected chi connectivity index (χ1v) is 6.39. The van der Waals surface area contributed by atoms with Crippen LogP contribution >= 0.6 is 0 Å². The minimum atomic E-state index is -0.114. The molecule has 1 aromatic heterocycles. The molecule has 102 valence electrons. The largest absolute Gasteiger partial charge is 0.497 e. The number of aromatic nitrogens is 3. The Kier molecular flexibility index (Phi) is 4.16. The number of hydrogen-bond acceptors (Lipinski definition) is 4. The average Bonchev–Trinajstić information content (AvgIpc) is 2.87. The molecule has 0 fully saturated rings. The predicted octanol–water partition coefficient (Wildman–Crippen LogP) is 2.11. The van der Waals surface area contributed by atoms with Crippen LogP contribution in [0.25, 0.3) is 0 Å². The van der Waals surface area contributed by atoms with Crippen molar-refractivity contribution in [2.45, 2.75) is 32.4 Å². The molecule has 1 unspecified atom stereocenters. The van der Waals surface area contributed by atoms with Gasteiger partial charge in [-0.25, -0.2) is 9.67 Å². The molecule has 0 aliphatic carbocycles. The van der Waals surface area contributed by atoms with Crippen molar-refractivity contribution in [1.82, 2.24) is 14.8 Å². The number of benzene rings is 1. The molecular weight excluding hydrogens is 240 g/mol. The molecule has 0 bridgehead atoms. The summed E-state index contributed by atoms with van der Waals surface area (Å²) >= 11 is 0. The molecule has 5 nitrogen and oxygen atoms in total. The Morgan fingerprint density at radius 2 is 2.16 bits per heavy atom. The summed E-state index contributed by atoms with van der Waals surface area (Å²) in [5.41, 5.74) is 7.28. The van der Waals surface area contributed by atoms with E-state index < -0.39 is 0 Å². The van der Waals surface area contributed by atoms with Crippen molar-refractivity contribution in [2.75, 3.05) is 7.11 Å². The molecule has 0 amide bonds. The molecule has 0 saturated carbocycles. The van der Waals surface area contributed by atoms with Gasteiger partial charge in [-0.05, 0) is 31.5 Å². The van der Waals surface area contributed by atoms with Gasteiger partial charge in [0.1, 0.15) is 17.9 Å². The summed E-state index contributed by atoms with van der Waals surface area (Å²) in [6, 6.07) is 7.99. The van der Waals surface area contributed by atoms with Crippen molar-refractivity contribution < 1.29 is 4.74 Å². The lowest BCUT2D eigenvalue weighted by Gasteiger charge is -2.15. The second kappa shape index (κ2) is 5.84. The maximum atomic E-state index is 6.24. The van der Waals surface area contributed by atoms with E-state index in [0.717, 1.165) is 17.1 Å². The summed E-state index contributed by atoms with van der Waals surface area (Å²) in [7, 11) is 1.65. The third-order valence-electron chi connectivity index (χ3n) is 3.06. The van der Waals surface area contributed by atoms with Gasteiger partial charge in [0.25, 0.3) is 0 Å². The van der Waals surface area contributed by atoms with Crippen LogP contribution in [-0.4, -0.2) is 21.9 Å². The molecular formula is C14H20N4O. The Morgan fingerprint density at radius 3 is 2.84 bits per heavy atom. The van der Waals surface area contributed by atoms with Crippen molar-refractivity contribution in [2.24, 2.45) is 5.73 Å². The fraction of sp³-hybridized carbons (Fsp3) is 0.429. The molecule has 1 heterocycles. The van der Waals surface area contributed by atoms with E-state index in [9.17, 15) is 0 Å². The summed E-state index contributed by atoms with van der Waals surface area (Å²) < 4.78 is 7.12. The molecule has 1 aromatic carbocycles. The molecule has 0 aliphatic heterocycles. The Hall–Kier alpha value is -1.88. The fourth-order valence-corrected chi connectivity index (χ4v) is 2.04. The van der Waals surface area contributed by atoms with E-state index in [1.54, 1.807) is 13.4 Å². The van der Waals surface area contributed by atoms with Crippen LogP contribution in [0.3, 0.4) is 0 Å². The summed E-state index contributed by atoms with van der Waals surface area (Å²) in [4.78, 5) is 4.29. The van der Waals surface area contributed by atoms with Crippen LogP contribution in [0.1, 0.15) is 37.3 Å². The Labute approximate surface area is 113 Å². The third kappa shape index (κ3) is 3.12. The molecule has 5 heteroatoms. The van der Waals surface area contributed by atoms with Gasteiger partial charge in [-0.2, -0.15) is 5.10 Å². The second-order valence-corrected chi connectivity index (χ2v) is 4.80. The molecule has 0 radical (unpaired) electrons. The van der Waals surface area contributed by atoms with E-state index in [1.807, 2.05) is 28.9 Å². The maximum absolute atomic E-state index is 6.24. The van der Waals surface area contributed by atoms with Crippen molar-refractivity contribution in [3.05, 3.63) is 42.0 Å². The van der Waals surface area contributed by atoms with Crippen LogP contribution in [0.15, 0.2) is 30.6 Å². The van der Waals surface area contributed by atoms with Crippen LogP contribution in [0.4, 0.5) is 0 Å². The maximum Gasteiger partial charge on any atom is 0.138 e. The minimum Gasteiger partial charge on any atom is -0.497 e. The van der Waals surface area contributed by atoms with Crippen molar-refractivity contribution in [3.8, 4) is 5.75 Å². The third-order valence-corrected chi connectivity index (χ3v) is 3.06. The van der Waals surface area contributed by atoms with E-state index in [-0.39, 0.29) is 12.1 Å². The van der Waals surface area contributed by atoms with Crippen LogP contribution in [0.2, 0.25) is 0 Å². The Bertz CT molecular complexity index is 536. The molecule has 0 spiro atoms. The highest BCUT2D eigenvalue weighted by Crippen LogP contribution is 2.20. The van der Waals surface area contributed by atoms with Crippen molar-refractivity contribution >= 4 is 0 Å². The number of hydrogen-bond donors (Lipinski definition) is 1. The lowest BCUT2D eigenvalue weighted by Crippen LogP contribution is -2.18. The lowest BCUT2D eigenvalue weighted by atomic mass is 10.0. The predicted molar refractivity (Wildman–Crippen MR) is 74.0 cm³/mol. The SMILES string of the molecule is COc1cccc(C(N)Cc2ncnn2C(C)C)c1. The zero-order valence-electron chi connectivity index (χ0n) is 11.6. The highest BCUT2D eigenvalue weighted by Gasteiger charge is 2.14. The van der Waals surface area contributed by atoms with Gasteiger partial charge in [0, 0.05) is 18.5 Å². The highest BCUT2D eigenvalue weighted by molar-refractivity contribution is 5.30. The lowest BCUT2D eigenvalue weighted by molar-refractivity contribution is 0.413. The smallest absolute Gasteiger partial charge is 0.138 e. The first-order chi connectivity index (χ1) is 9.11. The summed E-state index contributed by atoms with van der Waals surface area (Å²) in [5.74, 6) is 1.73. The summed E-state index contributed by atoms with van der Waals surface area (Å²) in [5, 5.41) is 4.22. The first kappa shape index (κ1) is 13.5. The van der Waals surface area contributed by atoms with Crippen molar-refractivity contribution in [3.63, 3.8) is 0 Å². The van der Waals surface area contributed by atoms with E-state index in [4.69, 9.17) is 10.5 Å². The monoisotopic (exact) mass is 260 g/mol. The zero-order valence-corrected chi connectivity index (χ0v) is 11.6. The van der Waals surface area contributed by atoms with Gasteiger partial charge in [0.15, 0.2) is 0 Å². The van der Waals surface area contributed by atoms with Gasteiger partial charge in [0.2, 0.25) is 0 Å². The van der Waals surface area contributed by atoms with Gasteiger partial charge in [-0.1, -0.05) is 12.1 Å². The zero-order chi connectivity index (χ0) is 13.8.